The predicted molar refractivity (Wildman–Crippen MR) is 66.9 cm³/mol. The summed E-state index contributed by atoms with van der Waals surface area (Å²) in [6.07, 6.45) is 1.52. The Bertz CT molecular complexity index is 457. The first-order chi connectivity index (χ1) is 7.28. The number of rotatable bonds is 3. The molecule has 2 N–H and O–H groups in total. The van der Waals surface area contributed by atoms with E-state index >= 15 is 0 Å². The Morgan fingerprint density at radius 3 is 2.73 bits per heavy atom. The first-order valence-electron chi connectivity index (χ1n) is 4.30. The van der Waals surface area contributed by atoms with E-state index in [2.05, 4.69) is 36.5 Å². The summed E-state index contributed by atoms with van der Waals surface area (Å²) in [6.45, 7) is 0. The maximum atomic E-state index is 4.12. The van der Waals surface area contributed by atoms with E-state index in [0.717, 1.165) is 20.4 Å². The summed E-state index contributed by atoms with van der Waals surface area (Å²) in [4.78, 5) is 8.16. The summed E-state index contributed by atoms with van der Waals surface area (Å²) >= 11 is 5.03. The lowest BCUT2D eigenvalue weighted by Crippen LogP contribution is -1.96. The Kier molecular flexibility index (Phi) is 3.17. The Morgan fingerprint density at radius 2 is 2.07 bits per heavy atom. The molecule has 0 atom stereocenters. The lowest BCUT2D eigenvalue weighted by Gasteiger charge is -2.03. The molecule has 0 aliphatic carbocycles. The van der Waals surface area contributed by atoms with E-state index in [1.807, 2.05) is 25.2 Å². The molecule has 0 saturated carbocycles. The highest BCUT2D eigenvalue weighted by Crippen LogP contribution is 2.28. The second-order valence-corrected chi connectivity index (χ2v) is 5.23. The molecule has 0 aliphatic rings. The first-order valence-corrected chi connectivity index (χ1v) is 5.91. The van der Waals surface area contributed by atoms with Crippen LogP contribution in [-0.2, 0) is 0 Å². The summed E-state index contributed by atoms with van der Waals surface area (Å²) in [5.74, 6) is 1.58. The van der Waals surface area contributed by atoms with Gasteiger partial charge in [-0.3, -0.25) is 0 Å². The van der Waals surface area contributed by atoms with Crippen LogP contribution in [0.25, 0.3) is 0 Å². The van der Waals surface area contributed by atoms with Crippen LogP contribution in [0.4, 0.5) is 16.6 Å². The topological polar surface area (TPSA) is 49.8 Å². The normalized spacial score (nSPS) is 10.0. The van der Waals surface area contributed by atoms with Crippen molar-refractivity contribution in [3.63, 3.8) is 0 Å². The van der Waals surface area contributed by atoms with Crippen molar-refractivity contribution in [3.8, 4) is 0 Å². The van der Waals surface area contributed by atoms with Gasteiger partial charge in [0.2, 0.25) is 0 Å². The largest absolute Gasteiger partial charge is 0.373 e. The van der Waals surface area contributed by atoms with Crippen molar-refractivity contribution < 1.29 is 0 Å². The van der Waals surface area contributed by atoms with Crippen LogP contribution < -0.4 is 10.6 Å². The Hall–Kier alpha value is -1.14. The van der Waals surface area contributed by atoms with Gasteiger partial charge in [-0.1, -0.05) is 0 Å². The summed E-state index contributed by atoms with van der Waals surface area (Å²) in [5.41, 5.74) is 0. The summed E-state index contributed by atoms with van der Waals surface area (Å²) in [5, 5.41) is 7.20. The Labute approximate surface area is 99.9 Å². The van der Waals surface area contributed by atoms with Gasteiger partial charge >= 0.3 is 0 Å². The summed E-state index contributed by atoms with van der Waals surface area (Å²) < 4.78 is 1.09. The minimum atomic E-state index is 0.781. The number of hydrogen-bond donors (Lipinski definition) is 2. The van der Waals surface area contributed by atoms with Crippen molar-refractivity contribution in [2.75, 3.05) is 17.7 Å². The number of anilines is 3. The lowest BCUT2D eigenvalue weighted by molar-refractivity contribution is 1.16. The quantitative estimate of drug-likeness (QED) is 0.910. The van der Waals surface area contributed by atoms with E-state index in [-0.39, 0.29) is 0 Å². The van der Waals surface area contributed by atoms with Crippen molar-refractivity contribution in [1.29, 1.82) is 0 Å². The molecule has 15 heavy (non-hydrogen) atoms. The molecule has 0 radical (unpaired) electrons. The SMILES string of the molecule is CNc1cc(Nc2ccc(Br)s2)ncn1. The molecule has 6 heteroatoms. The molecule has 0 unspecified atom stereocenters. The molecule has 0 spiro atoms. The molecular formula is C9H9BrN4S. The Morgan fingerprint density at radius 1 is 1.27 bits per heavy atom. The molecule has 0 bridgehead atoms. The van der Waals surface area contributed by atoms with Gasteiger partial charge in [-0.15, -0.1) is 11.3 Å². The molecule has 78 valence electrons. The monoisotopic (exact) mass is 284 g/mol. The van der Waals surface area contributed by atoms with E-state index in [0.29, 0.717) is 0 Å². The fraction of sp³-hybridized carbons (Fsp3) is 0.111. The van der Waals surface area contributed by atoms with Crippen LogP contribution in [-0.4, -0.2) is 17.0 Å². The standard InChI is InChI=1S/C9H9BrN4S/c1-11-7-4-8(13-5-12-7)14-9-3-2-6(10)15-9/h2-5H,1H3,(H2,11,12,13,14). The predicted octanol–water partition coefficient (Wildman–Crippen LogP) is 3.09. The van der Waals surface area contributed by atoms with Gasteiger partial charge in [-0.05, 0) is 28.1 Å². The van der Waals surface area contributed by atoms with E-state index in [9.17, 15) is 0 Å². The number of thiophene rings is 1. The number of nitrogens with one attached hydrogen (secondary N) is 2. The molecule has 0 aromatic carbocycles. The molecule has 0 amide bonds. The number of hydrogen-bond acceptors (Lipinski definition) is 5. The highest BCUT2D eigenvalue weighted by molar-refractivity contribution is 9.11. The molecule has 4 nitrogen and oxygen atoms in total. The average molecular weight is 285 g/mol. The summed E-state index contributed by atoms with van der Waals surface area (Å²) in [7, 11) is 1.83. The molecular weight excluding hydrogens is 276 g/mol. The number of halogens is 1. The summed E-state index contributed by atoms with van der Waals surface area (Å²) in [6, 6.07) is 5.84. The van der Waals surface area contributed by atoms with E-state index in [1.165, 1.54) is 6.33 Å². The van der Waals surface area contributed by atoms with Crippen molar-refractivity contribution in [3.05, 3.63) is 28.3 Å². The van der Waals surface area contributed by atoms with Gasteiger partial charge in [-0.2, -0.15) is 0 Å². The first kappa shape index (κ1) is 10.4. The van der Waals surface area contributed by atoms with Crippen molar-refractivity contribution in [2.24, 2.45) is 0 Å². The Balaban J connectivity index is 2.16. The van der Waals surface area contributed by atoms with Gasteiger partial charge in [0.05, 0.1) is 8.79 Å². The minimum Gasteiger partial charge on any atom is -0.373 e. The second-order valence-electron chi connectivity index (χ2n) is 2.77. The van der Waals surface area contributed by atoms with Crippen LogP contribution in [0.3, 0.4) is 0 Å². The maximum Gasteiger partial charge on any atom is 0.136 e. The smallest absolute Gasteiger partial charge is 0.136 e. The maximum absolute atomic E-state index is 4.12. The van der Waals surface area contributed by atoms with Crippen molar-refractivity contribution in [2.45, 2.75) is 0 Å². The van der Waals surface area contributed by atoms with Gasteiger partial charge in [0.15, 0.2) is 0 Å². The molecule has 0 aliphatic heterocycles. The molecule has 0 saturated heterocycles. The zero-order valence-corrected chi connectivity index (χ0v) is 10.4. The lowest BCUT2D eigenvalue weighted by atomic mass is 10.5. The average Bonchev–Trinajstić information content (AvgIpc) is 2.64. The third-order valence-corrected chi connectivity index (χ3v) is 3.29. The van der Waals surface area contributed by atoms with Gasteiger partial charge in [0, 0.05) is 13.1 Å². The van der Waals surface area contributed by atoms with Crippen LogP contribution in [0.5, 0.6) is 0 Å². The van der Waals surface area contributed by atoms with E-state index < -0.39 is 0 Å². The number of nitrogens with zero attached hydrogens (tertiary/aromatic N) is 2. The fourth-order valence-electron chi connectivity index (χ4n) is 1.07. The third kappa shape index (κ3) is 2.66. The van der Waals surface area contributed by atoms with Crippen LogP contribution in [0.2, 0.25) is 0 Å². The molecule has 2 aromatic rings. The van der Waals surface area contributed by atoms with Crippen molar-refractivity contribution in [1.82, 2.24) is 9.97 Å². The van der Waals surface area contributed by atoms with Crippen molar-refractivity contribution >= 4 is 43.9 Å². The van der Waals surface area contributed by atoms with Gasteiger partial charge in [0.25, 0.3) is 0 Å². The van der Waals surface area contributed by atoms with Crippen LogP contribution in [0.15, 0.2) is 28.3 Å². The van der Waals surface area contributed by atoms with Gasteiger partial charge in [-0.25, -0.2) is 9.97 Å². The third-order valence-electron chi connectivity index (χ3n) is 1.75. The minimum absolute atomic E-state index is 0.781. The molecule has 2 heterocycles. The van der Waals surface area contributed by atoms with Crippen LogP contribution in [0.1, 0.15) is 0 Å². The fourth-order valence-corrected chi connectivity index (χ4v) is 2.36. The highest BCUT2D eigenvalue weighted by Gasteiger charge is 2.00. The highest BCUT2D eigenvalue weighted by atomic mass is 79.9. The van der Waals surface area contributed by atoms with E-state index in [4.69, 9.17) is 0 Å². The van der Waals surface area contributed by atoms with E-state index in [1.54, 1.807) is 11.3 Å². The molecule has 0 fully saturated rings. The van der Waals surface area contributed by atoms with Gasteiger partial charge in [0.1, 0.15) is 18.0 Å². The second kappa shape index (κ2) is 4.59. The van der Waals surface area contributed by atoms with Gasteiger partial charge < -0.3 is 10.6 Å². The molecule has 2 rings (SSSR count). The molecule has 2 aromatic heterocycles. The van der Waals surface area contributed by atoms with Crippen LogP contribution in [0, 0.1) is 0 Å². The van der Waals surface area contributed by atoms with Crippen LogP contribution >= 0.6 is 27.3 Å². The zero-order valence-electron chi connectivity index (χ0n) is 7.99. The number of aromatic nitrogens is 2. The zero-order chi connectivity index (χ0) is 10.7.